The smallest absolute Gasteiger partial charge is 0.0125 e. The molecule has 3 heterocycles. The third-order valence-corrected chi connectivity index (χ3v) is 5.72. The summed E-state index contributed by atoms with van der Waals surface area (Å²) in [5, 5.41) is 0. The lowest BCUT2D eigenvalue weighted by Crippen LogP contribution is -2.51. The van der Waals surface area contributed by atoms with Gasteiger partial charge in [-0.05, 0) is 71.0 Å². The summed E-state index contributed by atoms with van der Waals surface area (Å²) >= 11 is 0. The van der Waals surface area contributed by atoms with Crippen molar-refractivity contribution in [3.8, 4) is 0 Å². The Balaban J connectivity index is 1.58. The van der Waals surface area contributed by atoms with Crippen LogP contribution in [0.25, 0.3) is 0 Å². The van der Waals surface area contributed by atoms with Crippen LogP contribution in [0.5, 0.6) is 0 Å². The van der Waals surface area contributed by atoms with E-state index in [1.54, 1.807) is 0 Å². The summed E-state index contributed by atoms with van der Waals surface area (Å²) in [4.78, 5) is 5.46. The molecular weight excluding hydrogens is 222 g/mol. The standard InChI is InChI=1S/C15H29N3/c1-17-13-4-5-14(17)10-15(9-13)18-8-2-3-12(11-18)6-7-16/h12-15H,2-11,16H2,1H3. The first-order chi connectivity index (χ1) is 8.78. The van der Waals surface area contributed by atoms with E-state index in [0.717, 1.165) is 30.6 Å². The van der Waals surface area contributed by atoms with Crippen molar-refractivity contribution in [3.05, 3.63) is 0 Å². The summed E-state index contributed by atoms with van der Waals surface area (Å²) in [6, 6.07) is 2.63. The van der Waals surface area contributed by atoms with Crippen LogP contribution in [0.4, 0.5) is 0 Å². The number of fused-ring (bicyclic) bond motifs is 2. The second-order valence-electron chi connectivity index (χ2n) is 6.76. The van der Waals surface area contributed by atoms with Gasteiger partial charge in [-0.25, -0.2) is 0 Å². The van der Waals surface area contributed by atoms with Crippen LogP contribution in [-0.2, 0) is 0 Å². The molecule has 3 unspecified atom stereocenters. The van der Waals surface area contributed by atoms with Crippen molar-refractivity contribution in [2.45, 2.75) is 63.1 Å². The van der Waals surface area contributed by atoms with Crippen LogP contribution in [0.3, 0.4) is 0 Å². The van der Waals surface area contributed by atoms with Gasteiger partial charge in [0.05, 0.1) is 0 Å². The molecule has 0 spiro atoms. The van der Waals surface area contributed by atoms with E-state index in [9.17, 15) is 0 Å². The molecule has 0 aliphatic carbocycles. The van der Waals surface area contributed by atoms with E-state index in [4.69, 9.17) is 5.73 Å². The predicted octanol–water partition coefficient (Wildman–Crippen LogP) is 1.67. The molecule has 3 atom stereocenters. The molecule has 3 heteroatoms. The fourth-order valence-corrected chi connectivity index (χ4v) is 4.58. The maximum absolute atomic E-state index is 5.73. The summed E-state index contributed by atoms with van der Waals surface area (Å²) in [7, 11) is 2.34. The highest BCUT2D eigenvalue weighted by Crippen LogP contribution is 2.37. The van der Waals surface area contributed by atoms with Gasteiger partial charge in [0, 0.05) is 24.7 Å². The third kappa shape index (κ3) is 2.45. The van der Waals surface area contributed by atoms with Crippen molar-refractivity contribution < 1.29 is 0 Å². The Labute approximate surface area is 112 Å². The number of hydrogen-bond acceptors (Lipinski definition) is 3. The lowest BCUT2D eigenvalue weighted by molar-refractivity contribution is 0.0470. The van der Waals surface area contributed by atoms with E-state index in [-0.39, 0.29) is 0 Å². The van der Waals surface area contributed by atoms with Crippen molar-refractivity contribution >= 4 is 0 Å². The molecule has 0 radical (unpaired) electrons. The van der Waals surface area contributed by atoms with Crippen molar-refractivity contribution in [3.63, 3.8) is 0 Å². The van der Waals surface area contributed by atoms with Crippen LogP contribution in [0.2, 0.25) is 0 Å². The minimum absolute atomic E-state index is 0.872. The molecular formula is C15H29N3. The zero-order valence-corrected chi connectivity index (χ0v) is 11.9. The lowest BCUT2D eigenvalue weighted by Gasteiger charge is -2.44. The van der Waals surface area contributed by atoms with Gasteiger partial charge in [-0.2, -0.15) is 0 Å². The molecule has 2 bridgehead atoms. The van der Waals surface area contributed by atoms with E-state index in [0.29, 0.717) is 0 Å². The average molecular weight is 251 g/mol. The maximum atomic E-state index is 5.73. The van der Waals surface area contributed by atoms with E-state index < -0.39 is 0 Å². The molecule has 18 heavy (non-hydrogen) atoms. The summed E-state index contributed by atoms with van der Waals surface area (Å²) < 4.78 is 0. The van der Waals surface area contributed by atoms with Gasteiger partial charge in [-0.3, -0.25) is 4.90 Å². The summed E-state index contributed by atoms with van der Waals surface area (Å²) in [5.41, 5.74) is 5.73. The van der Waals surface area contributed by atoms with Gasteiger partial charge in [-0.1, -0.05) is 0 Å². The Morgan fingerprint density at radius 2 is 1.78 bits per heavy atom. The van der Waals surface area contributed by atoms with Gasteiger partial charge < -0.3 is 10.6 Å². The first-order valence-corrected chi connectivity index (χ1v) is 7.94. The van der Waals surface area contributed by atoms with Crippen molar-refractivity contribution in [1.29, 1.82) is 0 Å². The lowest BCUT2D eigenvalue weighted by atomic mass is 9.90. The Morgan fingerprint density at radius 1 is 1.06 bits per heavy atom. The number of nitrogens with zero attached hydrogens (tertiary/aromatic N) is 2. The van der Waals surface area contributed by atoms with Crippen LogP contribution < -0.4 is 5.73 Å². The zero-order chi connectivity index (χ0) is 12.5. The zero-order valence-electron chi connectivity index (χ0n) is 11.9. The maximum Gasteiger partial charge on any atom is 0.0125 e. The fourth-order valence-electron chi connectivity index (χ4n) is 4.58. The van der Waals surface area contributed by atoms with Crippen LogP contribution in [0.1, 0.15) is 44.9 Å². The molecule has 0 aromatic carbocycles. The molecule has 104 valence electrons. The number of piperidine rings is 2. The highest BCUT2D eigenvalue weighted by atomic mass is 15.2. The van der Waals surface area contributed by atoms with E-state index in [1.165, 1.54) is 58.0 Å². The molecule has 0 saturated carbocycles. The second kappa shape index (κ2) is 5.48. The van der Waals surface area contributed by atoms with Crippen molar-refractivity contribution in [1.82, 2.24) is 9.80 Å². The van der Waals surface area contributed by atoms with Gasteiger partial charge in [0.1, 0.15) is 0 Å². The predicted molar refractivity (Wildman–Crippen MR) is 75.6 cm³/mol. The SMILES string of the molecule is CN1C2CCC1CC(N1CCCC(CCN)C1)C2. The molecule has 0 amide bonds. The highest BCUT2D eigenvalue weighted by molar-refractivity contribution is 4.97. The summed E-state index contributed by atoms with van der Waals surface area (Å²) in [5.74, 6) is 0.876. The van der Waals surface area contributed by atoms with Crippen molar-refractivity contribution in [2.75, 3.05) is 26.7 Å². The Morgan fingerprint density at radius 3 is 2.44 bits per heavy atom. The van der Waals surface area contributed by atoms with Crippen LogP contribution in [0.15, 0.2) is 0 Å². The quantitative estimate of drug-likeness (QED) is 0.828. The number of likely N-dealkylation sites (tertiary alicyclic amines) is 1. The van der Waals surface area contributed by atoms with Crippen LogP contribution in [-0.4, -0.2) is 54.6 Å². The number of hydrogen-bond donors (Lipinski definition) is 1. The molecule has 3 aliphatic rings. The van der Waals surface area contributed by atoms with Gasteiger partial charge >= 0.3 is 0 Å². The molecule has 3 fully saturated rings. The second-order valence-corrected chi connectivity index (χ2v) is 6.76. The minimum Gasteiger partial charge on any atom is -0.330 e. The van der Waals surface area contributed by atoms with E-state index in [2.05, 4.69) is 16.8 Å². The van der Waals surface area contributed by atoms with Crippen molar-refractivity contribution in [2.24, 2.45) is 11.7 Å². The first kappa shape index (κ1) is 12.9. The Kier molecular flexibility index (Phi) is 3.92. The van der Waals surface area contributed by atoms with Crippen LogP contribution >= 0.6 is 0 Å². The molecule has 2 N–H and O–H groups in total. The summed E-state index contributed by atoms with van der Waals surface area (Å²) in [6.07, 6.45) is 9.76. The number of rotatable bonds is 3. The minimum atomic E-state index is 0.872. The highest BCUT2D eigenvalue weighted by Gasteiger charge is 2.40. The number of nitrogens with two attached hydrogens (primary N) is 1. The molecule has 0 aromatic heterocycles. The first-order valence-electron chi connectivity index (χ1n) is 7.94. The Bertz CT molecular complexity index is 265. The Hall–Kier alpha value is -0.120. The molecule has 3 nitrogen and oxygen atoms in total. The molecule has 3 saturated heterocycles. The topological polar surface area (TPSA) is 32.5 Å². The normalized spacial score (nSPS) is 42.3. The van der Waals surface area contributed by atoms with Crippen LogP contribution in [0, 0.1) is 5.92 Å². The third-order valence-electron chi connectivity index (χ3n) is 5.72. The molecule has 3 aliphatic heterocycles. The largest absolute Gasteiger partial charge is 0.330 e. The fraction of sp³-hybridized carbons (Fsp3) is 1.00. The average Bonchev–Trinajstić information content (AvgIpc) is 2.63. The molecule has 0 aromatic rings. The van der Waals surface area contributed by atoms with Gasteiger partial charge in [0.15, 0.2) is 0 Å². The summed E-state index contributed by atoms with van der Waals surface area (Å²) in [6.45, 7) is 3.54. The van der Waals surface area contributed by atoms with E-state index in [1.807, 2.05) is 0 Å². The van der Waals surface area contributed by atoms with E-state index >= 15 is 0 Å². The van der Waals surface area contributed by atoms with Gasteiger partial charge in [0.25, 0.3) is 0 Å². The molecule has 3 rings (SSSR count). The van der Waals surface area contributed by atoms with Gasteiger partial charge in [-0.15, -0.1) is 0 Å². The monoisotopic (exact) mass is 251 g/mol. The van der Waals surface area contributed by atoms with Gasteiger partial charge in [0.2, 0.25) is 0 Å².